The first kappa shape index (κ1) is 24.4. The van der Waals surface area contributed by atoms with E-state index in [1.165, 1.54) is 12.2 Å². The third kappa shape index (κ3) is 7.40. The molecule has 5 nitrogen and oxygen atoms in total. The lowest BCUT2D eigenvalue weighted by Crippen LogP contribution is -2.08. The number of aryl methyl sites for hydroxylation is 1. The van der Waals surface area contributed by atoms with Crippen molar-refractivity contribution < 1.29 is 22.7 Å². The molecule has 0 radical (unpaired) electrons. The Balaban J connectivity index is 2.58. The van der Waals surface area contributed by atoms with E-state index in [2.05, 4.69) is 26.0 Å². The van der Waals surface area contributed by atoms with Gasteiger partial charge in [-0.25, -0.2) is 4.57 Å². The van der Waals surface area contributed by atoms with Gasteiger partial charge in [0.1, 0.15) is 11.5 Å². The molecule has 0 fully saturated rings. The fourth-order valence-corrected chi connectivity index (χ4v) is 5.60. The molecule has 0 amide bonds. The normalized spacial score (nSPS) is 19.9. The minimum absolute atomic E-state index is 0.163. The molecule has 3 unspecified atom stereocenters. The molecule has 0 saturated heterocycles. The van der Waals surface area contributed by atoms with Crippen LogP contribution in [0.3, 0.4) is 0 Å². The Morgan fingerprint density at radius 1 is 1.17 bits per heavy atom. The Bertz CT molecular complexity index is 747. The Labute approximate surface area is 177 Å². The van der Waals surface area contributed by atoms with Crippen LogP contribution in [0.4, 0.5) is 0 Å². The van der Waals surface area contributed by atoms with Gasteiger partial charge < -0.3 is 18.1 Å². The third-order valence-electron chi connectivity index (χ3n) is 4.81. The topological polar surface area (TPSA) is 54.0 Å². The lowest BCUT2D eigenvalue weighted by molar-refractivity contribution is 0.283. The van der Waals surface area contributed by atoms with Crippen LogP contribution in [-0.4, -0.2) is 26.5 Å². The smallest absolute Gasteiger partial charge is 0.376 e. The summed E-state index contributed by atoms with van der Waals surface area (Å²) in [6.45, 7) is 12.5. The van der Waals surface area contributed by atoms with Crippen molar-refractivity contribution in [2.75, 3.05) is 26.5 Å². The fraction of sp³-hybridized carbons (Fsp3) is 0.636. The molecule has 0 aromatic heterocycles. The quantitative estimate of drug-likeness (QED) is 0.263. The lowest BCUT2D eigenvalue weighted by atomic mass is 9.84. The highest BCUT2D eigenvalue weighted by Crippen LogP contribution is 2.52. The van der Waals surface area contributed by atoms with Gasteiger partial charge in [0.2, 0.25) is 8.38 Å². The first-order valence-electron chi connectivity index (χ1n) is 10.6. The van der Waals surface area contributed by atoms with E-state index < -0.39 is 16.0 Å². The Kier molecular flexibility index (Phi) is 9.69. The second-order valence-electron chi connectivity index (χ2n) is 7.50. The van der Waals surface area contributed by atoms with Crippen molar-refractivity contribution in [3.63, 3.8) is 0 Å². The van der Waals surface area contributed by atoms with E-state index in [1.54, 1.807) is 0 Å². The predicted molar refractivity (Wildman–Crippen MR) is 122 cm³/mol. The van der Waals surface area contributed by atoms with Crippen LogP contribution >= 0.6 is 16.0 Å². The molecule has 0 spiro atoms. The Morgan fingerprint density at radius 2 is 1.90 bits per heavy atom. The molecule has 164 valence electrons. The largest absolute Gasteiger partial charge is 0.447 e. The first-order valence-corrected chi connectivity index (χ1v) is 14.2. The van der Waals surface area contributed by atoms with Crippen LogP contribution in [0.1, 0.15) is 70.4 Å². The zero-order chi connectivity index (χ0) is 21.4. The molecule has 2 rings (SSSR count). The summed E-state index contributed by atoms with van der Waals surface area (Å²) < 4.78 is 36.3. The van der Waals surface area contributed by atoms with Crippen molar-refractivity contribution in [3.8, 4) is 11.5 Å². The maximum Gasteiger partial charge on any atom is 0.376 e. The highest BCUT2D eigenvalue weighted by molar-refractivity contribution is 7.53. The number of hydrogen-bond donors (Lipinski definition) is 0. The van der Waals surface area contributed by atoms with Crippen molar-refractivity contribution in [1.82, 2.24) is 0 Å². The summed E-state index contributed by atoms with van der Waals surface area (Å²) >= 11 is 0. The van der Waals surface area contributed by atoms with Gasteiger partial charge in [-0.1, -0.05) is 25.0 Å². The molecule has 29 heavy (non-hydrogen) atoms. The molecule has 1 aliphatic rings. The summed E-state index contributed by atoms with van der Waals surface area (Å²) in [7, 11) is -4.27. The maximum absolute atomic E-state index is 12.9. The number of rotatable bonds is 11. The summed E-state index contributed by atoms with van der Waals surface area (Å²) in [4.78, 5) is 0. The molecule has 1 aromatic carbocycles. The van der Waals surface area contributed by atoms with Gasteiger partial charge in [-0.05, 0) is 64.2 Å². The van der Waals surface area contributed by atoms with Crippen LogP contribution in [0, 0.1) is 0 Å². The van der Waals surface area contributed by atoms with E-state index in [0.29, 0.717) is 19.0 Å². The van der Waals surface area contributed by atoms with E-state index >= 15 is 0 Å². The molecule has 7 heteroatoms. The Morgan fingerprint density at radius 3 is 2.52 bits per heavy atom. The molecule has 1 aromatic rings. The van der Waals surface area contributed by atoms with Crippen molar-refractivity contribution in [3.05, 3.63) is 34.9 Å². The minimum Gasteiger partial charge on any atom is -0.447 e. The van der Waals surface area contributed by atoms with Gasteiger partial charge in [0.15, 0.2) is 0 Å². The Hall–Kier alpha value is -0.860. The van der Waals surface area contributed by atoms with Crippen LogP contribution in [-0.2, 0) is 20.0 Å². The number of allylic oxidation sites excluding steroid dienone is 2. The summed E-state index contributed by atoms with van der Waals surface area (Å²) in [5.74, 6) is 1.55. The van der Waals surface area contributed by atoms with E-state index in [1.807, 2.05) is 26.6 Å². The van der Waals surface area contributed by atoms with Gasteiger partial charge in [0.25, 0.3) is 0 Å². The molecule has 3 atom stereocenters. The van der Waals surface area contributed by atoms with E-state index in [4.69, 9.17) is 18.1 Å². The molecule has 0 aliphatic heterocycles. The zero-order valence-corrected chi connectivity index (χ0v) is 20.5. The van der Waals surface area contributed by atoms with Gasteiger partial charge in [0.05, 0.1) is 13.2 Å². The first-order chi connectivity index (χ1) is 13.8. The van der Waals surface area contributed by atoms with Crippen LogP contribution < -0.4 is 9.05 Å². The van der Waals surface area contributed by atoms with E-state index in [-0.39, 0.29) is 5.92 Å². The van der Waals surface area contributed by atoms with Gasteiger partial charge in [-0.3, -0.25) is 0 Å². The lowest BCUT2D eigenvalue weighted by Gasteiger charge is -2.27. The molecular formula is C22H36O5P2. The van der Waals surface area contributed by atoms with Gasteiger partial charge in [-0.15, -0.1) is 0 Å². The van der Waals surface area contributed by atoms with E-state index in [9.17, 15) is 4.57 Å². The molecule has 0 heterocycles. The van der Waals surface area contributed by atoms with Gasteiger partial charge >= 0.3 is 7.60 Å². The molecule has 1 aliphatic carbocycles. The second kappa shape index (κ2) is 11.5. The van der Waals surface area contributed by atoms with Crippen molar-refractivity contribution in [2.45, 2.75) is 65.7 Å². The zero-order valence-electron chi connectivity index (χ0n) is 18.7. The monoisotopic (exact) mass is 442 g/mol. The van der Waals surface area contributed by atoms with Crippen molar-refractivity contribution in [1.29, 1.82) is 0 Å². The second-order valence-corrected chi connectivity index (χ2v) is 10.8. The van der Waals surface area contributed by atoms with E-state index in [0.717, 1.165) is 49.0 Å². The minimum atomic E-state index is -3.22. The van der Waals surface area contributed by atoms with Gasteiger partial charge in [0, 0.05) is 24.8 Å². The van der Waals surface area contributed by atoms with Crippen molar-refractivity contribution in [2.24, 2.45) is 0 Å². The number of hydrogen-bond acceptors (Lipinski definition) is 5. The van der Waals surface area contributed by atoms with Crippen LogP contribution in [0.15, 0.2) is 23.8 Å². The molecule has 0 bridgehead atoms. The highest BCUT2D eigenvalue weighted by atomic mass is 31.2. The summed E-state index contributed by atoms with van der Waals surface area (Å²) in [6, 6.07) is 4.11. The summed E-state index contributed by atoms with van der Waals surface area (Å²) in [6.07, 6.45) is 7.42. The highest BCUT2D eigenvalue weighted by Gasteiger charge is 2.28. The van der Waals surface area contributed by atoms with Crippen LogP contribution in [0.25, 0.3) is 0 Å². The van der Waals surface area contributed by atoms with Crippen LogP contribution in [0.2, 0.25) is 0 Å². The average Bonchev–Trinajstić information content (AvgIpc) is 2.61. The van der Waals surface area contributed by atoms with Crippen LogP contribution in [0.5, 0.6) is 11.5 Å². The van der Waals surface area contributed by atoms with Crippen molar-refractivity contribution >= 4 is 16.0 Å². The standard InChI is InChI=1S/C22H36O5P2/c1-7-11-18-15-20(26-28(5)24-8-2)22(19-13-10-12-17(4)14-19)21(16-18)27-29(6,23)25-9-3/h14-16,19H,7-13H2,1-6H3. The SMILES string of the molecule is CCCc1cc(OP(C)OCC)c(C2C=C(C)CCC2)c(OP(C)(=O)OCC)c1. The predicted octanol–water partition coefficient (Wildman–Crippen LogP) is 7.45. The fourth-order valence-electron chi connectivity index (χ4n) is 3.73. The molecular weight excluding hydrogens is 406 g/mol. The third-order valence-corrected chi connectivity index (χ3v) is 7.14. The summed E-state index contributed by atoms with van der Waals surface area (Å²) in [5.41, 5.74) is 3.43. The maximum atomic E-state index is 12.9. The average molecular weight is 442 g/mol. The number of benzene rings is 1. The summed E-state index contributed by atoms with van der Waals surface area (Å²) in [5, 5.41) is 0. The molecule has 0 saturated carbocycles. The van der Waals surface area contributed by atoms with Gasteiger partial charge in [-0.2, -0.15) is 0 Å². The molecule has 0 N–H and O–H groups in total.